The van der Waals surface area contributed by atoms with Gasteiger partial charge in [0.1, 0.15) is 16.5 Å². The summed E-state index contributed by atoms with van der Waals surface area (Å²) in [7, 11) is 1.66. The molecule has 2 N–H and O–H groups in total. The Hall–Kier alpha value is -2.90. The molecule has 0 unspecified atom stereocenters. The highest BCUT2D eigenvalue weighted by atomic mass is 32.1. The summed E-state index contributed by atoms with van der Waals surface area (Å²) in [6.45, 7) is 5.73. The molecule has 1 aliphatic rings. The lowest BCUT2D eigenvalue weighted by Crippen LogP contribution is -2.43. The van der Waals surface area contributed by atoms with Crippen LogP contribution in [-0.2, 0) is 0 Å². The number of hydrogen-bond acceptors (Lipinski definition) is 6. The minimum Gasteiger partial charge on any atom is -0.496 e. The lowest BCUT2D eigenvalue weighted by molar-refractivity contribution is 0.102. The Kier molecular flexibility index (Phi) is 5.78. The van der Waals surface area contributed by atoms with Gasteiger partial charge in [-0.05, 0) is 42.8 Å². The molecule has 1 aliphatic heterocycles. The first-order chi connectivity index (χ1) is 14.2. The lowest BCUT2D eigenvalue weighted by atomic mass is 10.1. The average molecular weight is 409 g/mol. The van der Waals surface area contributed by atoms with Gasteiger partial charge in [-0.1, -0.05) is 12.1 Å². The minimum absolute atomic E-state index is 0.194. The van der Waals surface area contributed by atoms with E-state index in [4.69, 9.17) is 4.74 Å². The zero-order chi connectivity index (χ0) is 20.2. The van der Waals surface area contributed by atoms with Crippen molar-refractivity contribution in [1.29, 1.82) is 0 Å². The molecule has 150 valence electrons. The van der Waals surface area contributed by atoms with Crippen molar-refractivity contribution in [3.8, 4) is 16.3 Å². The molecule has 0 saturated carbocycles. The van der Waals surface area contributed by atoms with Gasteiger partial charge in [0.05, 0.1) is 18.5 Å². The number of piperazine rings is 1. The van der Waals surface area contributed by atoms with Crippen molar-refractivity contribution >= 4 is 28.6 Å². The molecule has 6 nitrogen and oxygen atoms in total. The number of carbonyl (C=O) groups excluding carboxylic acids is 1. The SMILES string of the molecule is COc1ccc(-c2nc(C(=O)Nc3ccccc3N3CCNCC3)cs2)cc1C. The van der Waals surface area contributed by atoms with Crippen LogP contribution in [0.15, 0.2) is 47.8 Å². The summed E-state index contributed by atoms with van der Waals surface area (Å²) in [6, 6.07) is 13.8. The fraction of sp³-hybridized carbons (Fsp3) is 0.273. The van der Waals surface area contributed by atoms with E-state index in [1.54, 1.807) is 12.5 Å². The van der Waals surface area contributed by atoms with E-state index in [1.165, 1.54) is 11.3 Å². The number of hydrogen-bond donors (Lipinski definition) is 2. The van der Waals surface area contributed by atoms with Gasteiger partial charge >= 0.3 is 0 Å². The van der Waals surface area contributed by atoms with Gasteiger partial charge in [0.25, 0.3) is 5.91 Å². The fourth-order valence-corrected chi connectivity index (χ4v) is 4.27. The topological polar surface area (TPSA) is 66.5 Å². The van der Waals surface area contributed by atoms with Gasteiger partial charge in [-0.25, -0.2) is 4.98 Å². The number of thiazole rings is 1. The third-order valence-corrected chi connectivity index (χ3v) is 5.88. The second kappa shape index (κ2) is 8.63. The molecule has 1 aromatic heterocycles. The monoisotopic (exact) mass is 408 g/mol. The first-order valence-electron chi connectivity index (χ1n) is 9.62. The average Bonchev–Trinajstić information content (AvgIpc) is 3.25. The summed E-state index contributed by atoms with van der Waals surface area (Å²) in [5.74, 6) is 0.646. The third kappa shape index (κ3) is 4.26. The number of anilines is 2. The van der Waals surface area contributed by atoms with Crippen LogP contribution in [0.1, 0.15) is 16.1 Å². The van der Waals surface area contributed by atoms with Crippen molar-refractivity contribution in [2.75, 3.05) is 43.5 Å². The van der Waals surface area contributed by atoms with Crippen LogP contribution in [-0.4, -0.2) is 44.2 Å². The second-order valence-corrected chi connectivity index (χ2v) is 7.79. The molecule has 2 heterocycles. The summed E-state index contributed by atoms with van der Waals surface area (Å²) in [5.41, 5.74) is 4.30. The summed E-state index contributed by atoms with van der Waals surface area (Å²) < 4.78 is 5.32. The number of methoxy groups -OCH3 is 1. The van der Waals surface area contributed by atoms with E-state index in [9.17, 15) is 4.79 Å². The van der Waals surface area contributed by atoms with E-state index < -0.39 is 0 Å². The predicted octanol–water partition coefficient (Wildman–Crippen LogP) is 3.79. The number of nitrogens with one attached hydrogen (secondary N) is 2. The van der Waals surface area contributed by atoms with E-state index in [0.29, 0.717) is 5.69 Å². The highest BCUT2D eigenvalue weighted by Crippen LogP contribution is 2.30. The van der Waals surface area contributed by atoms with Crippen LogP contribution in [0.5, 0.6) is 5.75 Å². The molecule has 29 heavy (non-hydrogen) atoms. The molecule has 1 fully saturated rings. The largest absolute Gasteiger partial charge is 0.496 e. The molecule has 1 amide bonds. The Bertz CT molecular complexity index is 1010. The molecule has 3 aromatic rings. The summed E-state index contributed by atoms with van der Waals surface area (Å²) in [4.78, 5) is 19.7. The zero-order valence-corrected chi connectivity index (χ0v) is 17.4. The summed E-state index contributed by atoms with van der Waals surface area (Å²) in [5, 5.41) is 9.02. The molecule has 1 saturated heterocycles. The maximum atomic E-state index is 12.8. The molecule has 4 rings (SSSR count). The van der Waals surface area contributed by atoms with Gasteiger partial charge in [0.15, 0.2) is 0 Å². The number of rotatable bonds is 5. The molecule has 0 bridgehead atoms. The molecule has 0 radical (unpaired) electrons. The van der Waals surface area contributed by atoms with Crippen LogP contribution in [0.4, 0.5) is 11.4 Å². The smallest absolute Gasteiger partial charge is 0.275 e. The number of carbonyl (C=O) groups is 1. The highest BCUT2D eigenvalue weighted by molar-refractivity contribution is 7.13. The van der Waals surface area contributed by atoms with Gasteiger partial charge in [-0.15, -0.1) is 11.3 Å². The van der Waals surface area contributed by atoms with E-state index in [-0.39, 0.29) is 5.91 Å². The first-order valence-corrected chi connectivity index (χ1v) is 10.5. The van der Waals surface area contributed by atoms with Crippen molar-refractivity contribution in [2.24, 2.45) is 0 Å². The van der Waals surface area contributed by atoms with Crippen LogP contribution in [0, 0.1) is 6.92 Å². The normalized spacial score (nSPS) is 13.9. The number of aryl methyl sites for hydroxylation is 1. The standard InChI is InChI=1S/C22H24N4O2S/c1-15-13-16(7-8-20(15)28-2)22-25-18(14-29-22)21(27)24-17-5-3-4-6-19(17)26-11-9-23-10-12-26/h3-8,13-14,23H,9-12H2,1-2H3,(H,24,27). The van der Waals surface area contributed by atoms with Crippen molar-refractivity contribution in [2.45, 2.75) is 6.92 Å². The van der Waals surface area contributed by atoms with Crippen LogP contribution >= 0.6 is 11.3 Å². The van der Waals surface area contributed by atoms with Crippen molar-refractivity contribution in [3.05, 3.63) is 59.1 Å². The Labute approximate surface area is 174 Å². The number of para-hydroxylation sites is 2. The molecule has 0 spiro atoms. The van der Waals surface area contributed by atoms with Crippen molar-refractivity contribution < 1.29 is 9.53 Å². The van der Waals surface area contributed by atoms with Gasteiger partial charge in [-0.3, -0.25) is 4.79 Å². The predicted molar refractivity (Wildman–Crippen MR) is 118 cm³/mol. The van der Waals surface area contributed by atoms with Crippen molar-refractivity contribution in [3.63, 3.8) is 0 Å². The zero-order valence-electron chi connectivity index (χ0n) is 16.6. The van der Waals surface area contributed by atoms with E-state index >= 15 is 0 Å². The van der Waals surface area contributed by atoms with Crippen LogP contribution in [0.3, 0.4) is 0 Å². The first kappa shape index (κ1) is 19.4. The van der Waals surface area contributed by atoms with Crippen LogP contribution in [0.2, 0.25) is 0 Å². The Balaban J connectivity index is 1.52. The highest BCUT2D eigenvalue weighted by Gasteiger charge is 2.17. The number of ether oxygens (including phenoxy) is 1. The van der Waals surface area contributed by atoms with E-state index in [1.807, 2.05) is 49.4 Å². The maximum Gasteiger partial charge on any atom is 0.275 e. The molecular formula is C22H24N4O2S. The molecule has 2 aromatic carbocycles. The second-order valence-electron chi connectivity index (χ2n) is 6.93. The van der Waals surface area contributed by atoms with Gasteiger partial charge in [-0.2, -0.15) is 0 Å². The van der Waals surface area contributed by atoms with Crippen molar-refractivity contribution in [1.82, 2.24) is 10.3 Å². The van der Waals surface area contributed by atoms with Crippen LogP contribution < -0.4 is 20.3 Å². The van der Waals surface area contributed by atoms with E-state index in [0.717, 1.165) is 59.4 Å². The Morgan fingerprint density at radius 3 is 2.76 bits per heavy atom. The van der Waals surface area contributed by atoms with Gasteiger partial charge in [0, 0.05) is 37.1 Å². The van der Waals surface area contributed by atoms with E-state index in [2.05, 4.69) is 20.5 Å². The minimum atomic E-state index is -0.194. The third-order valence-electron chi connectivity index (χ3n) is 4.99. The van der Waals surface area contributed by atoms with Gasteiger partial charge in [0.2, 0.25) is 0 Å². The number of amides is 1. The summed E-state index contributed by atoms with van der Waals surface area (Å²) >= 11 is 1.46. The lowest BCUT2D eigenvalue weighted by Gasteiger charge is -2.31. The molecule has 0 aliphatic carbocycles. The Morgan fingerprint density at radius 2 is 2.00 bits per heavy atom. The number of aromatic nitrogens is 1. The van der Waals surface area contributed by atoms with Gasteiger partial charge < -0.3 is 20.3 Å². The maximum absolute atomic E-state index is 12.8. The summed E-state index contributed by atoms with van der Waals surface area (Å²) in [6.07, 6.45) is 0. The number of nitrogens with zero attached hydrogens (tertiary/aromatic N) is 2. The quantitative estimate of drug-likeness (QED) is 0.672. The number of benzene rings is 2. The fourth-order valence-electron chi connectivity index (χ4n) is 3.47. The Morgan fingerprint density at radius 1 is 1.21 bits per heavy atom. The molecule has 7 heteroatoms. The van der Waals surface area contributed by atoms with Crippen LogP contribution in [0.25, 0.3) is 10.6 Å². The molecule has 0 atom stereocenters. The molecular weight excluding hydrogens is 384 g/mol.